The lowest BCUT2D eigenvalue weighted by molar-refractivity contribution is -0.122. The summed E-state index contributed by atoms with van der Waals surface area (Å²) in [5.41, 5.74) is 1.78. The van der Waals surface area contributed by atoms with Gasteiger partial charge < -0.3 is 19.4 Å². The second-order valence-electron chi connectivity index (χ2n) is 8.09. The SMILES string of the molecule is CCCN(CCC)Cn1c(O)c(N=NC(=O)CON=Cc2ccc(OC)c(OC)c2)c2ccccc21. The summed E-state index contributed by atoms with van der Waals surface area (Å²) in [5.74, 6) is 0.489. The van der Waals surface area contributed by atoms with E-state index in [1.54, 1.807) is 37.0 Å². The minimum absolute atomic E-state index is 0.0302. The van der Waals surface area contributed by atoms with E-state index in [1.807, 2.05) is 24.3 Å². The van der Waals surface area contributed by atoms with E-state index in [-0.39, 0.29) is 11.6 Å². The maximum atomic E-state index is 12.2. The van der Waals surface area contributed by atoms with Crippen LogP contribution in [0, 0.1) is 0 Å². The molecule has 192 valence electrons. The van der Waals surface area contributed by atoms with Gasteiger partial charge in [0.25, 0.3) is 0 Å². The average Bonchev–Trinajstić information content (AvgIpc) is 3.15. The van der Waals surface area contributed by atoms with Crippen LogP contribution >= 0.6 is 0 Å². The fraction of sp³-hybridized carbons (Fsp3) is 0.385. The van der Waals surface area contributed by atoms with Crippen LogP contribution in [0.5, 0.6) is 17.4 Å². The second-order valence-corrected chi connectivity index (χ2v) is 8.09. The zero-order chi connectivity index (χ0) is 25.9. The summed E-state index contributed by atoms with van der Waals surface area (Å²) in [6.45, 7) is 6.20. The summed E-state index contributed by atoms with van der Waals surface area (Å²) in [6.07, 6.45) is 3.47. The Morgan fingerprint density at radius 2 is 1.78 bits per heavy atom. The van der Waals surface area contributed by atoms with Gasteiger partial charge in [-0.3, -0.25) is 14.3 Å². The average molecular weight is 496 g/mol. The number of azo groups is 1. The lowest BCUT2D eigenvalue weighted by Gasteiger charge is -2.22. The molecule has 0 spiro atoms. The van der Waals surface area contributed by atoms with Gasteiger partial charge in [0.05, 0.1) is 32.6 Å². The number of benzene rings is 2. The van der Waals surface area contributed by atoms with Crippen LogP contribution in [-0.2, 0) is 16.3 Å². The number of amides is 1. The highest BCUT2D eigenvalue weighted by Gasteiger charge is 2.18. The van der Waals surface area contributed by atoms with Crippen LogP contribution in [0.3, 0.4) is 0 Å². The van der Waals surface area contributed by atoms with E-state index >= 15 is 0 Å². The highest BCUT2D eigenvalue weighted by atomic mass is 16.6. The van der Waals surface area contributed by atoms with Crippen LogP contribution in [0.15, 0.2) is 57.8 Å². The van der Waals surface area contributed by atoms with Crippen LogP contribution < -0.4 is 9.47 Å². The number of ether oxygens (including phenoxy) is 2. The first-order valence-electron chi connectivity index (χ1n) is 11.9. The van der Waals surface area contributed by atoms with Gasteiger partial charge in [-0.15, -0.1) is 10.2 Å². The number of aromatic hydroxyl groups is 1. The van der Waals surface area contributed by atoms with Gasteiger partial charge in [-0.2, -0.15) is 0 Å². The third kappa shape index (κ3) is 6.60. The van der Waals surface area contributed by atoms with E-state index in [1.165, 1.54) is 6.21 Å². The predicted molar refractivity (Wildman–Crippen MR) is 138 cm³/mol. The summed E-state index contributed by atoms with van der Waals surface area (Å²) >= 11 is 0. The monoisotopic (exact) mass is 495 g/mol. The van der Waals surface area contributed by atoms with E-state index in [0.29, 0.717) is 29.1 Å². The van der Waals surface area contributed by atoms with Crippen molar-refractivity contribution in [2.45, 2.75) is 33.4 Å². The molecule has 36 heavy (non-hydrogen) atoms. The van der Waals surface area contributed by atoms with Crippen LogP contribution in [0.1, 0.15) is 32.3 Å². The number of hydrogen-bond acceptors (Lipinski definition) is 8. The molecule has 0 saturated carbocycles. The molecule has 1 heterocycles. The van der Waals surface area contributed by atoms with Crippen molar-refractivity contribution in [2.75, 3.05) is 33.9 Å². The van der Waals surface area contributed by atoms with Crippen molar-refractivity contribution in [3.63, 3.8) is 0 Å². The van der Waals surface area contributed by atoms with Crippen molar-refractivity contribution >= 4 is 28.7 Å². The fourth-order valence-corrected chi connectivity index (χ4v) is 3.86. The van der Waals surface area contributed by atoms with Crippen molar-refractivity contribution in [2.24, 2.45) is 15.4 Å². The molecule has 3 rings (SSSR count). The molecule has 0 aliphatic carbocycles. The van der Waals surface area contributed by atoms with Gasteiger partial charge in [-0.05, 0) is 50.2 Å². The molecule has 0 radical (unpaired) electrons. The molecule has 0 saturated heterocycles. The number of carbonyl (C=O) groups is 1. The second kappa shape index (κ2) is 13.2. The number of methoxy groups -OCH3 is 2. The summed E-state index contributed by atoms with van der Waals surface area (Å²) < 4.78 is 12.2. The smallest absolute Gasteiger partial charge is 0.304 e. The van der Waals surface area contributed by atoms with E-state index in [4.69, 9.17) is 14.3 Å². The first-order chi connectivity index (χ1) is 17.5. The molecule has 0 bridgehead atoms. The molecular weight excluding hydrogens is 462 g/mol. The Morgan fingerprint density at radius 1 is 1.06 bits per heavy atom. The molecule has 1 aromatic heterocycles. The van der Waals surface area contributed by atoms with Gasteiger partial charge in [-0.25, -0.2) is 0 Å². The lowest BCUT2D eigenvalue weighted by atomic mass is 10.2. The molecule has 10 nitrogen and oxygen atoms in total. The fourth-order valence-electron chi connectivity index (χ4n) is 3.86. The maximum absolute atomic E-state index is 12.2. The Bertz CT molecular complexity index is 1210. The molecule has 0 aliphatic heterocycles. The number of hydrogen-bond donors (Lipinski definition) is 1. The summed E-state index contributed by atoms with van der Waals surface area (Å²) in [4.78, 5) is 19.6. The van der Waals surface area contributed by atoms with E-state index < -0.39 is 12.5 Å². The quantitative estimate of drug-likeness (QED) is 0.201. The van der Waals surface area contributed by atoms with Gasteiger partial charge in [0.15, 0.2) is 23.8 Å². The number of fused-ring (bicyclic) bond motifs is 1. The Labute approximate surface area is 210 Å². The summed E-state index contributed by atoms with van der Waals surface area (Å²) in [5, 5.41) is 23.2. The number of nitrogens with zero attached hydrogens (tertiary/aromatic N) is 5. The molecule has 0 atom stereocenters. The summed E-state index contributed by atoms with van der Waals surface area (Å²) in [6, 6.07) is 12.8. The number of para-hydroxylation sites is 1. The Kier molecular flexibility index (Phi) is 9.82. The van der Waals surface area contributed by atoms with Crippen molar-refractivity contribution in [1.29, 1.82) is 0 Å². The standard InChI is InChI=1S/C26H33N5O5/c1-5-13-30(14-6-2)18-31-21-10-8-7-9-20(21)25(26(31)33)29-28-24(32)17-36-27-16-19-11-12-22(34-3)23(15-19)35-4/h7-12,15-16,33H,5-6,13-14,17-18H2,1-4H3. The van der Waals surface area contributed by atoms with E-state index in [2.05, 4.69) is 34.1 Å². The topological polar surface area (TPSA) is 110 Å². The third-order valence-corrected chi connectivity index (χ3v) is 5.47. The van der Waals surface area contributed by atoms with Gasteiger partial charge in [0.2, 0.25) is 5.88 Å². The summed E-state index contributed by atoms with van der Waals surface area (Å²) in [7, 11) is 3.10. The van der Waals surface area contributed by atoms with Crippen LogP contribution in [0.25, 0.3) is 10.9 Å². The highest BCUT2D eigenvalue weighted by molar-refractivity contribution is 5.95. The van der Waals surface area contributed by atoms with Crippen molar-refractivity contribution in [3.05, 3.63) is 48.0 Å². The third-order valence-electron chi connectivity index (χ3n) is 5.47. The number of carbonyl (C=O) groups excluding carboxylic acids is 1. The number of rotatable bonds is 13. The van der Waals surface area contributed by atoms with Crippen LogP contribution in [-0.4, -0.2) is 60.6 Å². The molecule has 0 fully saturated rings. The normalized spacial score (nSPS) is 11.7. The van der Waals surface area contributed by atoms with Crippen LogP contribution in [0.4, 0.5) is 5.69 Å². The zero-order valence-corrected chi connectivity index (χ0v) is 21.2. The van der Waals surface area contributed by atoms with Gasteiger partial charge in [-0.1, -0.05) is 37.2 Å². The molecular formula is C26H33N5O5. The first-order valence-corrected chi connectivity index (χ1v) is 11.9. The largest absolute Gasteiger partial charge is 0.493 e. The minimum Gasteiger partial charge on any atom is -0.493 e. The Morgan fingerprint density at radius 3 is 2.47 bits per heavy atom. The molecule has 1 amide bonds. The highest BCUT2D eigenvalue weighted by Crippen LogP contribution is 2.39. The maximum Gasteiger partial charge on any atom is 0.304 e. The van der Waals surface area contributed by atoms with Crippen molar-refractivity contribution in [1.82, 2.24) is 9.47 Å². The lowest BCUT2D eigenvalue weighted by Crippen LogP contribution is -2.27. The Hall–Kier alpha value is -3.92. The molecule has 3 aromatic rings. The van der Waals surface area contributed by atoms with Crippen molar-refractivity contribution < 1.29 is 24.2 Å². The van der Waals surface area contributed by atoms with E-state index in [9.17, 15) is 9.90 Å². The van der Waals surface area contributed by atoms with Crippen LogP contribution in [0.2, 0.25) is 0 Å². The van der Waals surface area contributed by atoms with Gasteiger partial charge in [0, 0.05) is 10.9 Å². The molecule has 1 N–H and O–H groups in total. The molecule has 10 heteroatoms. The minimum atomic E-state index is -0.630. The zero-order valence-electron chi connectivity index (χ0n) is 21.2. The Balaban J connectivity index is 1.68. The first kappa shape index (κ1) is 26.7. The molecule has 0 unspecified atom stereocenters. The number of aromatic nitrogens is 1. The van der Waals surface area contributed by atoms with Crippen molar-refractivity contribution in [3.8, 4) is 17.4 Å². The van der Waals surface area contributed by atoms with Gasteiger partial charge in [0.1, 0.15) is 0 Å². The predicted octanol–water partition coefficient (Wildman–Crippen LogP) is 5.10. The molecule has 0 aliphatic rings. The number of oxime groups is 1. The molecule has 2 aromatic carbocycles. The van der Waals surface area contributed by atoms with Gasteiger partial charge >= 0.3 is 5.91 Å². The van der Waals surface area contributed by atoms with E-state index in [0.717, 1.165) is 31.4 Å².